The van der Waals surface area contributed by atoms with Gasteiger partial charge in [0.05, 0.1) is 0 Å². The topological polar surface area (TPSA) is 20.9 Å². The summed E-state index contributed by atoms with van der Waals surface area (Å²) in [7, 11) is 0. The zero-order valence-electron chi connectivity index (χ0n) is 20.8. The van der Waals surface area contributed by atoms with Gasteiger partial charge in [0.15, 0.2) is 0 Å². The van der Waals surface area contributed by atoms with Crippen LogP contribution in [-0.4, -0.2) is 27.1 Å². The van der Waals surface area contributed by atoms with Gasteiger partial charge in [0.2, 0.25) is 12.7 Å². The number of imidazole rings is 2. The van der Waals surface area contributed by atoms with Crippen LogP contribution in [0.1, 0.15) is 16.7 Å². The quantitative estimate of drug-likeness (QED) is 0.247. The van der Waals surface area contributed by atoms with Gasteiger partial charge in [0.1, 0.15) is 51.0 Å². The van der Waals surface area contributed by atoms with Crippen molar-refractivity contribution < 1.29 is 9.13 Å². The van der Waals surface area contributed by atoms with Crippen LogP contribution in [0.2, 0.25) is 0 Å². The highest BCUT2D eigenvalue weighted by Gasteiger charge is 2.12. The van der Waals surface area contributed by atoms with Crippen LogP contribution in [0.4, 0.5) is 0 Å². The standard InChI is InChI=1S/C31H35N5/c1-4-10-29(11-5-1)24-32(16-18-33-20-22-35(27-33)25-30-12-6-2-7-13-30)17-19-34-21-23-36(28-34)26-31-14-8-3-9-15-31/h1-15,20-23,27-28H,16-19,24-26H2/q+2. The molecule has 0 atom stereocenters. The van der Waals surface area contributed by atoms with E-state index in [4.69, 9.17) is 0 Å². The Kier molecular flexibility index (Phi) is 8.01. The fourth-order valence-corrected chi connectivity index (χ4v) is 4.54. The Balaban J connectivity index is 1.18. The minimum absolute atomic E-state index is 0.901. The number of aromatic nitrogens is 4. The van der Waals surface area contributed by atoms with E-state index in [0.717, 1.165) is 45.8 Å². The van der Waals surface area contributed by atoms with Crippen LogP contribution >= 0.6 is 0 Å². The lowest BCUT2D eigenvalue weighted by atomic mass is 10.2. The third-order valence-electron chi connectivity index (χ3n) is 6.51. The summed E-state index contributed by atoms with van der Waals surface area (Å²) in [4.78, 5) is 2.55. The summed E-state index contributed by atoms with van der Waals surface area (Å²) in [6.45, 7) is 6.69. The lowest BCUT2D eigenvalue weighted by molar-refractivity contribution is -0.688. The Bertz CT molecular complexity index is 1230. The highest BCUT2D eigenvalue weighted by Crippen LogP contribution is 2.06. The Labute approximate surface area is 214 Å². The van der Waals surface area contributed by atoms with E-state index in [2.05, 4.69) is 152 Å². The van der Waals surface area contributed by atoms with Crippen LogP contribution in [-0.2, 0) is 32.7 Å². The van der Waals surface area contributed by atoms with E-state index >= 15 is 0 Å². The molecule has 0 amide bonds. The molecular weight excluding hydrogens is 442 g/mol. The van der Waals surface area contributed by atoms with Crippen LogP contribution in [0.25, 0.3) is 0 Å². The molecule has 182 valence electrons. The van der Waals surface area contributed by atoms with Gasteiger partial charge in [-0.25, -0.2) is 18.3 Å². The Hall–Kier alpha value is -3.96. The minimum Gasteiger partial charge on any atom is -0.291 e. The van der Waals surface area contributed by atoms with Gasteiger partial charge in [0, 0.05) is 19.6 Å². The summed E-state index contributed by atoms with van der Waals surface area (Å²) < 4.78 is 9.10. The lowest BCUT2D eigenvalue weighted by Crippen LogP contribution is -2.33. The Morgan fingerprint density at radius 3 is 1.39 bits per heavy atom. The largest absolute Gasteiger partial charge is 0.291 e. The molecule has 0 aliphatic rings. The van der Waals surface area contributed by atoms with Gasteiger partial charge in [-0.2, -0.15) is 0 Å². The zero-order valence-corrected chi connectivity index (χ0v) is 20.8. The summed E-state index contributed by atoms with van der Waals surface area (Å²) in [5, 5.41) is 0. The normalized spacial score (nSPS) is 11.2. The zero-order chi connectivity index (χ0) is 24.4. The first-order chi connectivity index (χ1) is 17.8. The highest BCUT2D eigenvalue weighted by molar-refractivity contribution is 5.15. The minimum atomic E-state index is 0.901. The summed E-state index contributed by atoms with van der Waals surface area (Å²) in [5.74, 6) is 0. The van der Waals surface area contributed by atoms with Gasteiger partial charge in [-0.05, 0) is 16.7 Å². The van der Waals surface area contributed by atoms with Crippen LogP contribution in [0.3, 0.4) is 0 Å². The second kappa shape index (κ2) is 12.1. The number of nitrogens with zero attached hydrogens (tertiary/aromatic N) is 5. The maximum absolute atomic E-state index is 2.55. The van der Waals surface area contributed by atoms with E-state index in [1.807, 2.05) is 0 Å². The van der Waals surface area contributed by atoms with Crippen molar-refractivity contribution in [2.75, 3.05) is 13.1 Å². The smallest absolute Gasteiger partial charge is 0.244 e. The molecule has 0 fully saturated rings. The predicted molar refractivity (Wildman–Crippen MR) is 142 cm³/mol. The van der Waals surface area contributed by atoms with Crippen LogP contribution in [0.15, 0.2) is 128 Å². The molecule has 0 spiro atoms. The highest BCUT2D eigenvalue weighted by atomic mass is 15.2. The average molecular weight is 478 g/mol. The van der Waals surface area contributed by atoms with Crippen LogP contribution in [0.5, 0.6) is 0 Å². The van der Waals surface area contributed by atoms with Crippen molar-refractivity contribution >= 4 is 0 Å². The predicted octanol–water partition coefficient (Wildman–Crippen LogP) is 4.16. The molecule has 5 aromatic rings. The third-order valence-corrected chi connectivity index (χ3v) is 6.51. The summed E-state index contributed by atoms with van der Waals surface area (Å²) in [6.07, 6.45) is 13.1. The van der Waals surface area contributed by atoms with Crippen molar-refractivity contribution in [2.24, 2.45) is 0 Å². The monoisotopic (exact) mass is 477 g/mol. The molecule has 0 radical (unpaired) electrons. The van der Waals surface area contributed by atoms with Crippen LogP contribution in [0, 0.1) is 0 Å². The van der Waals surface area contributed by atoms with Crippen LogP contribution < -0.4 is 9.13 Å². The molecule has 0 aliphatic carbocycles. The molecule has 0 aliphatic heterocycles. The van der Waals surface area contributed by atoms with Gasteiger partial charge < -0.3 is 0 Å². The SMILES string of the molecule is c1ccc(CN(CCn2cc[n+](Cc3ccccc3)c2)CCn2cc[n+](Cc3ccccc3)c2)cc1. The van der Waals surface area contributed by atoms with Crippen molar-refractivity contribution in [3.05, 3.63) is 145 Å². The van der Waals surface area contributed by atoms with Gasteiger partial charge in [-0.1, -0.05) is 91.0 Å². The maximum atomic E-state index is 2.55. The first-order valence-corrected chi connectivity index (χ1v) is 12.7. The van der Waals surface area contributed by atoms with Gasteiger partial charge in [-0.15, -0.1) is 0 Å². The molecule has 2 aromatic heterocycles. The van der Waals surface area contributed by atoms with Crippen molar-refractivity contribution in [3.8, 4) is 0 Å². The van der Waals surface area contributed by atoms with Crippen molar-refractivity contribution in [2.45, 2.75) is 32.7 Å². The van der Waals surface area contributed by atoms with E-state index in [1.54, 1.807) is 0 Å². The second-order valence-electron chi connectivity index (χ2n) is 9.38. The summed E-state index contributed by atoms with van der Waals surface area (Å²) in [5.41, 5.74) is 4.00. The van der Waals surface area contributed by atoms with Gasteiger partial charge in [0.25, 0.3) is 0 Å². The maximum Gasteiger partial charge on any atom is 0.244 e. The number of hydrogen-bond acceptors (Lipinski definition) is 1. The number of hydrogen-bond donors (Lipinski definition) is 0. The summed E-state index contributed by atoms with van der Waals surface area (Å²) >= 11 is 0. The van der Waals surface area contributed by atoms with Crippen molar-refractivity contribution in [3.63, 3.8) is 0 Å². The molecule has 0 saturated heterocycles. The average Bonchev–Trinajstić information content (AvgIpc) is 3.57. The molecule has 5 rings (SSSR count). The molecule has 36 heavy (non-hydrogen) atoms. The molecule has 0 bridgehead atoms. The van der Waals surface area contributed by atoms with E-state index < -0.39 is 0 Å². The molecule has 0 unspecified atom stereocenters. The molecule has 5 heteroatoms. The number of rotatable bonds is 12. The molecular formula is C31H35N5+2. The summed E-state index contributed by atoms with van der Waals surface area (Å²) in [6, 6.07) is 32.0. The molecule has 0 N–H and O–H groups in total. The molecule has 5 nitrogen and oxygen atoms in total. The molecule has 0 saturated carbocycles. The Morgan fingerprint density at radius 2 is 0.944 bits per heavy atom. The van der Waals surface area contributed by atoms with E-state index in [1.165, 1.54) is 16.7 Å². The van der Waals surface area contributed by atoms with E-state index in [9.17, 15) is 0 Å². The van der Waals surface area contributed by atoms with Gasteiger partial charge in [-0.3, -0.25) is 4.90 Å². The van der Waals surface area contributed by atoms with Gasteiger partial charge >= 0.3 is 0 Å². The lowest BCUT2D eigenvalue weighted by Gasteiger charge is -2.20. The van der Waals surface area contributed by atoms with Crippen molar-refractivity contribution in [1.82, 2.24) is 14.0 Å². The fourth-order valence-electron chi connectivity index (χ4n) is 4.54. The van der Waals surface area contributed by atoms with Crippen molar-refractivity contribution in [1.29, 1.82) is 0 Å². The first-order valence-electron chi connectivity index (χ1n) is 12.7. The second-order valence-corrected chi connectivity index (χ2v) is 9.38. The van der Waals surface area contributed by atoms with E-state index in [0.29, 0.717) is 0 Å². The third kappa shape index (κ3) is 7.03. The fraction of sp³-hybridized carbons (Fsp3) is 0.226. The Morgan fingerprint density at radius 1 is 0.528 bits per heavy atom. The van der Waals surface area contributed by atoms with E-state index in [-0.39, 0.29) is 0 Å². The first kappa shape index (κ1) is 23.8. The molecule has 3 aromatic carbocycles. The molecule has 2 heterocycles. The number of benzene rings is 3.